The Bertz CT molecular complexity index is 1810. The largest absolute Gasteiger partial charge is 0.491 e. The van der Waals surface area contributed by atoms with Gasteiger partial charge < -0.3 is 24.6 Å². The molecule has 3 aromatic carbocycles. The number of carbonyl (C=O) groups is 1. The third-order valence-corrected chi connectivity index (χ3v) is 6.38. The number of pyridine rings is 1. The highest BCUT2D eigenvalue weighted by Crippen LogP contribution is 2.29. The highest BCUT2D eigenvalue weighted by atomic mass is 19.4. The molecule has 0 aliphatic rings. The van der Waals surface area contributed by atoms with Gasteiger partial charge in [0, 0.05) is 12.3 Å². The van der Waals surface area contributed by atoms with Crippen molar-refractivity contribution in [2.24, 2.45) is 0 Å². The number of nitrogens with one attached hydrogen (secondary N) is 3. The zero-order chi connectivity index (χ0) is 29.1. The van der Waals surface area contributed by atoms with Crippen molar-refractivity contribution in [3.63, 3.8) is 0 Å². The van der Waals surface area contributed by atoms with E-state index in [2.05, 4.69) is 15.3 Å². The Labute approximate surface area is 229 Å². The minimum absolute atomic E-state index is 0.0493. The molecule has 5 rings (SSSR count). The molecule has 0 aliphatic carbocycles. The average Bonchev–Trinajstić information content (AvgIpc) is 3.31. The number of ether oxygens (including phenoxy) is 1. The number of fused-ring (bicyclic) bond motifs is 1. The van der Waals surface area contributed by atoms with Gasteiger partial charge in [-0.3, -0.25) is 9.59 Å². The number of alkyl halides is 3. The molecule has 0 aliphatic heterocycles. The Kier molecular flexibility index (Phi) is 7.47. The van der Waals surface area contributed by atoms with Crippen LogP contribution in [-0.4, -0.2) is 27.0 Å². The molecule has 0 saturated carbocycles. The molecule has 0 spiro atoms. The highest BCUT2D eigenvalue weighted by Gasteiger charge is 2.30. The van der Waals surface area contributed by atoms with Gasteiger partial charge in [0.1, 0.15) is 23.7 Å². The van der Waals surface area contributed by atoms with E-state index < -0.39 is 35.1 Å². The van der Waals surface area contributed by atoms with Crippen LogP contribution in [0.4, 0.5) is 17.6 Å². The molecule has 1 unspecified atom stereocenters. The third kappa shape index (κ3) is 6.38. The van der Waals surface area contributed by atoms with E-state index in [1.54, 1.807) is 18.2 Å². The first-order valence-electron chi connectivity index (χ1n) is 12.3. The third-order valence-electron chi connectivity index (χ3n) is 6.38. The van der Waals surface area contributed by atoms with Crippen LogP contribution in [0.3, 0.4) is 0 Å². The molecule has 41 heavy (non-hydrogen) atoms. The van der Waals surface area contributed by atoms with E-state index in [1.807, 2.05) is 0 Å². The minimum Gasteiger partial charge on any atom is -0.491 e. The maximum atomic E-state index is 13.6. The van der Waals surface area contributed by atoms with Crippen molar-refractivity contribution in [1.29, 1.82) is 0 Å². The lowest BCUT2D eigenvalue weighted by Crippen LogP contribution is -2.37. The van der Waals surface area contributed by atoms with Gasteiger partial charge in [0.25, 0.3) is 11.5 Å². The highest BCUT2D eigenvalue weighted by molar-refractivity contribution is 5.94. The van der Waals surface area contributed by atoms with E-state index in [9.17, 15) is 31.9 Å². The molecule has 0 fully saturated rings. The predicted octanol–water partition coefficient (Wildman–Crippen LogP) is 4.77. The molecule has 12 heteroatoms. The lowest BCUT2D eigenvalue weighted by atomic mass is 10.1. The Morgan fingerprint density at radius 3 is 2.34 bits per heavy atom. The fourth-order valence-electron chi connectivity index (χ4n) is 4.26. The van der Waals surface area contributed by atoms with Gasteiger partial charge >= 0.3 is 11.9 Å². The molecule has 2 aromatic heterocycles. The van der Waals surface area contributed by atoms with E-state index >= 15 is 0 Å². The molecule has 5 aromatic rings. The van der Waals surface area contributed by atoms with Gasteiger partial charge in [-0.2, -0.15) is 13.2 Å². The number of rotatable bonds is 8. The van der Waals surface area contributed by atoms with Gasteiger partial charge in [-0.25, -0.2) is 9.18 Å². The first kappa shape index (κ1) is 27.4. The van der Waals surface area contributed by atoms with Crippen LogP contribution in [0.15, 0.2) is 94.6 Å². The molecule has 2 heterocycles. The first-order chi connectivity index (χ1) is 19.6. The van der Waals surface area contributed by atoms with Gasteiger partial charge in [-0.1, -0.05) is 24.3 Å². The van der Waals surface area contributed by atoms with Crippen LogP contribution in [0.5, 0.6) is 5.75 Å². The fourth-order valence-corrected chi connectivity index (χ4v) is 4.26. The summed E-state index contributed by atoms with van der Waals surface area (Å²) in [5.41, 5.74) is 0.0314. The smallest absolute Gasteiger partial charge is 0.416 e. The number of benzene rings is 3. The quantitative estimate of drug-likeness (QED) is 0.235. The lowest BCUT2D eigenvalue weighted by molar-refractivity contribution is -0.137. The first-order valence-corrected chi connectivity index (χ1v) is 12.3. The zero-order valence-corrected chi connectivity index (χ0v) is 21.2. The van der Waals surface area contributed by atoms with Gasteiger partial charge in [0.05, 0.1) is 29.2 Å². The number of hydrogen-bond donors (Lipinski definition) is 3. The second kappa shape index (κ2) is 11.2. The number of amides is 1. The summed E-state index contributed by atoms with van der Waals surface area (Å²) in [6, 6.07) is 16.7. The van der Waals surface area contributed by atoms with Crippen LogP contribution in [-0.2, 0) is 12.7 Å². The van der Waals surface area contributed by atoms with Crippen molar-refractivity contribution in [3.8, 4) is 5.75 Å². The van der Waals surface area contributed by atoms with Crippen molar-refractivity contribution >= 4 is 16.9 Å². The van der Waals surface area contributed by atoms with Gasteiger partial charge in [0.15, 0.2) is 0 Å². The van der Waals surface area contributed by atoms with Crippen molar-refractivity contribution in [2.75, 3.05) is 6.61 Å². The molecular weight excluding hydrogens is 544 g/mol. The summed E-state index contributed by atoms with van der Waals surface area (Å²) in [6.07, 6.45) is -3.05. The van der Waals surface area contributed by atoms with Crippen molar-refractivity contribution in [1.82, 2.24) is 19.9 Å². The topological polar surface area (TPSA) is 109 Å². The lowest BCUT2D eigenvalue weighted by Gasteiger charge is -2.20. The molecular formula is C29H22F4N4O4. The van der Waals surface area contributed by atoms with Crippen LogP contribution in [0, 0.1) is 5.82 Å². The number of hydrogen-bond acceptors (Lipinski definition) is 4. The molecule has 3 N–H and O–H groups in total. The second-order valence-corrected chi connectivity index (χ2v) is 9.22. The summed E-state index contributed by atoms with van der Waals surface area (Å²) in [5, 5.41) is 2.75. The number of nitrogens with zero attached hydrogens (tertiary/aromatic N) is 1. The van der Waals surface area contributed by atoms with E-state index in [0.29, 0.717) is 27.9 Å². The molecule has 0 radical (unpaired) electrons. The zero-order valence-electron chi connectivity index (χ0n) is 21.2. The Balaban J connectivity index is 1.35. The van der Waals surface area contributed by atoms with E-state index in [1.165, 1.54) is 59.3 Å². The monoisotopic (exact) mass is 566 g/mol. The molecule has 0 bridgehead atoms. The summed E-state index contributed by atoms with van der Waals surface area (Å²) >= 11 is 0. The maximum absolute atomic E-state index is 13.6. The Hall–Kier alpha value is -5.13. The average molecular weight is 567 g/mol. The fraction of sp³-hybridized carbons (Fsp3) is 0.138. The summed E-state index contributed by atoms with van der Waals surface area (Å²) in [5.74, 6) is -0.802. The van der Waals surface area contributed by atoms with E-state index in [0.717, 1.165) is 12.1 Å². The molecule has 1 amide bonds. The maximum Gasteiger partial charge on any atom is 0.416 e. The van der Waals surface area contributed by atoms with Crippen LogP contribution in [0.25, 0.3) is 11.0 Å². The van der Waals surface area contributed by atoms with Crippen molar-refractivity contribution in [2.45, 2.75) is 18.8 Å². The van der Waals surface area contributed by atoms with E-state index in [-0.39, 0.29) is 24.4 Å². The summed E-state index contributed by atoms with van der Waals surface area (Å²) in [7, 11) is 0. The molecule has 8 nitrogen and oxygen atoms in total. The van der Waals surface area contributed by atoms with Crippen molar-refractivity contribution in [3.05, 3.63) is 134 Å². The van der Waals surface area contributed by atoms with Crippen LogP contribution in [0.2, 0.25) is 0 Å². The summed E-state index contributed by atoms with van der Waals surface area (Å²) in [4.78, 5) is 43.2. The predicted molar refractivity (Wildman–Crippen MR) is 142 cm³/mol. The molecule has 1 atom stereocenters. The van der Waals surface area contributed by atoms with E-state index in [4.69, 9.17) is 4.74 Å². The molecule has 210 valence electrons. The number of carbonyl (C=O) groups excluding carboxylic acids is 1. The van der Waals surface area contributed by atoms with Gasteiger partial charge in [-0.15, -0.1) is 0 Å². The SMILES string of the molecule is O=C(NC(COc1ccc2[nH]c(=O)[nH]c2c1)c1ccc(F)cc1)c1cccn(Cc2ccc(C(F)(F)F)cc2)c1=O. The standard InChI is InChI=1S/C29H22F4N4O4/c30-20-9-5-18(6-10-20)25(16-41-21-11-12-23-24(14-21)36-28(40)35-23)34-26(38)22-2-1-13-37(27(22)39)15-17-3-7-19(8-4-17)29(31,32)33/h1-14,25H,15-16H2,(H,34,38)(H2,35,36,40). The van der Waals surface area contributed by atoms with Crippen LogP contribution in [0.1, 0.15) is 33.1 Å². The van der Waals surface area contributed by atoms with Gasteiger partial charge in [0.2, 0.25) is 0 Å². The Morgan fingerprint density at radius 2 is 1.63 bits per heavy atom. The number of halogens is 4. The number of imidazole rings is 1. The number of H-pyrrole nitrogens is 2. The summed E-state index contributed by atoms with van der Waals surface area (Å²) in [6.45, 7) is -0.142. The normalized spacial score (nSPS) is 12.3. The number of aromatic nitrogens is 3. The minimum atomic E-state index is -4.48. The Morgan fingerprint density at radius 1 is 0.927 bits per heavy atom. The van der Waals surface area contributed by atoms with Gasteiger partial charge in [-0.05, 0) is 59.7 Å². The summed E-state index contributed by atoms with van der Waals surface area (Å²) < 4.78 is 59.3. The molecule has 0 saturated heterocycles. The van der Waals surface area contributed by atoms with Crippen molar-refractivity contribution < 1.29 is 27.1 Å². The second-order valence-electron chi connectivity index (χ2n) is 9.22. The van der Waals surface area contributed by atoms with Crippen LogP contribution >= 0.6 is 0 Å². The number of aromatic amines is 2. The van der Waals surface area contributed by atoms with Crippen LogP contribution < -0.4 is 21.3 Å².